The first-order valence-corrected chi connectivity index (χ1v) is 14.7. The molecule has 1 aliphatic carbocycles. The number of hydrogen-bond donors (Lipinski definition) is 0. The maximum Gasteiger partial charge on any atom is 0.196 e. The summed E-state index contributed by atoms with van der Waals surface area (Å²) in [4.78, 5) is 4.01. The smallest absolute Gasteiger partial charge is 0.196 e. The SMILES string of the molecule is [C-]#[N+]c1cccc(-n2c3ccccc3c3ccccc32)c1-c1ccc2oc3c4c(ccc3c2c1)C(C)(C)c1ccccc1-4. The standard InChI is InChI=1S/C40H26N2O/c1-40(2)30-14-7-4-13-28(30)38-31(40)21-20-27-29-23-24(19-22-36(29)43-39(27)38)37-32(41-3)15-10-18-35(37)42-33-16-8-5-11-25(33)26-12-6-9-17-34(26)42/h4-23H,1-2H3. The Hall–Kier alpha value is -5.59. The fourth-order valence-corrected chi connectivity index (χ4v) is 7.46. The summed E-state index contributed by atoms with van der Waals surface area (Å²) < 4.78 is 8.95. The Morgan fingerprint density at radius 1 is 0.628 bits per heavy atom. The van der Waals surface area contributed by atoms with Crippen molar-refractivity contribution in [2.24, 2.45) is 0 Å². The summed E-state index contributed by atoms with van der Waals surface area (Å²) in [5.41, 5.74) is 12.6. The van der Waals surface area contributed by atoms with E-state index in [1.807, 2.05) is 12.1 Å². The molecule has 3 nitrogen and oxygen atoms in total. The number of benzene rings is 6. The number of nitrogens with zero attached hydrogens (tertiary/aromatic N) is 2. The molecule has 9 rings (SSSR count). The summed E-state index contributed by atoms with van der Waals surface area (Å²) in [6.45, 7) is 12.7. The van der Waals surface area contributed by atoms with Crippen molar-refractivity contribution in [1.29, 1.82) is 0 Å². The predicted molar refractivity (Wildman–Crippen MR) is 177 cm³/mol. The van der Waals surface area contributed by atoms with Crippen molar-refractivity contribution in [3.63, 3.8) is 0 Å². The number of aromatic nitrogens is 1. The van der Waals surface area contributed by atoms with Crippen LogP contribution in [0.4, 0.5) is 5.69 Å². The molecular formula is C40H26N2O. The Kier molecular flexibility index (Phi) is 4.74. The third-order valence-electron chi connectivity index (χ3n) is 9.43. The van der Waals surface area contributed by atoms with Crippen molar-refractivity contribution in [3.05, 3.63) is 144 Å². The summed E-state index contributed by atoms with van der Waals surface area (Å²) in [7, 11) is 0. The van der Waals surface area contributed by atoms with Gasteiger partial charge in [-0.1, -0.05) is 105 Å². The van der Waals surface area contributed by atoms with E-state index < -0.39 is 0 Å². The van der Waals surface area contributed by atoms with E-state index in [4.69, 9.17) is 11.0 Å². The predicted octanol–water partition coefficient (Wildman–Crippen LogP) is 11.2. The minimum absolute atomic E-state index is 0.0873. The zero-order chi connectivity index (χ0) is 28.9. The molecule has 0 N–H and O–H groups in total. The molecule has 0 fully saturated rings. The normalized spacial score (nSPS) is 13.5. The fraction of sp³-hybridized carbons (Fsp3) is 0.0750. The molecule has 0 saturated carbocycles. The topological polar surface area (TPSA) is 22.4 Å². The van der Waals surface area contributed by atoms with E-state index in [2.05, 4.69) is 132 Å². The van der Waals surface area contributed by atoms with Crippen molar-refractivity contribution >= 4 is 49.4 Å². The Bertz CT molecular complexity index is 2450. The lowest BCUT2D eigenvalue weighted by Crippen LogP contribution is -2.14. The molecule has 0 spiro atoms. The van der Waals surface area contributed by atoms with Gasteiger partial charge in [0.2, 0.25) is 0 Å². The fourth-order valence-electron chi connectivity index (χ4n) is 7.46. The first-order valence-electron chi connectivity index (χ1n) is 14.7. The number of furan rings is 1. The van der Waals surface area contributed by atoms with Crippen LogP contribution in [0.25, 0.3) is 76.5 Å². The number of rotatable bonds is 2. The average molecular weight is 551 g/mol. The summed E-state index contributed by atoms with van der Waals surface area (Å²) in [6, 6.07) is 42.6. The molecular weight excluding hydrogens is 524 g/mol. The second kappa shape index (κ2) is 8.47. The van der Waals surface area contributed by atoms with Crippen LogP contribution in [-0.4, -0.2) is 4.57 Å². The van der Waals surface area contributed by atoms with Gasteiger partial charge in [-0.15, -0.1) is 0 Å². The first kappa shape index (κ1) is 24.1. The van der Waals surface area contributed by atoms with Gasteiger partial charge < -0.3 is 8.98 Å². The van der Waals surface area contributed by atoms with Crippen molar-refractivity contribution < 1.29 is 4.42 Å². The van der Waals surface area contributed by atoms with Crippen LogP contribution in [0.3, 0.4) is 0 Å². The van der Waals surface area contributed by atoms with E-state index in [1.54, 1.807) is 0 Å². The van der Waals surface area contributed by atoms with Crippen LogP contribution in [0, 0.1) is 6.57 Å². The molecule has 3 heteroatoms. The highest BCUT2D eigenvalue weighted by molar-refractivity contribution is 6.14. The third kappa shape index (κ3) is 3.13. The van der Waals surface area contributed by atoms with Gasteiger partial charge in [-0.3, -0.25) is 0 Å². The van der Waals surface area contributed by atoms with E-state index in [0.29, 0.717) is 5.69 Å². The summed E-state index contributed by atoms with van der Waals surface area (Å²) in [5, 5.41) is 4.56. The average Bonchev–Trinajstić information content (AvgIpc) is 3.66. The zero-order valence-corrected chi connectivity index (χ0v) is 23.8. The van der Waals surface area contributed by atoms with Gasteiger partial charge >= 0.3 is 0 Å². The van der Waals surface area contributed by atoms with E-state index in [1.165, 1.54) is 33.0 Å². The Balaban J connectivity index is 1.33. The Morgan fingerprint density at radius 3 is 2.12 bits per heavy atom. The quantitative estimate of drug-likeness (QED) is 0.196. The highest BCUT2D eigenvalue weighted by Gasteiger charge is 2.37. The second-order valence-electron chi connectivity index (χ2n) is 12.0. The number of hydrogen-bond acceptors (Lipinski definition) is 1. The monoisotopic (exact) mass is 550 g/mol. The van der Waals surface area contributed by atoms with Crippen LogP contribution < -0.4 is 0 Å². The molecule has 0 atom stereocenters. The van der Waals surface area contributed by atoms with Gasteiger partial charge in [0.25, 0.3) is 0 Å². The third-order valence-corrected chi connectivity index (χ3v) is 9.43. The molecule has 0 saturated heterocycles. The van der Waals surface area contributed by atoms with Crippen LogP contribution in [0.15, 0.2) is 126 Å². The lowest BCUT2D eigenvalue weighted by molar-refractivity contribution is 0.653. The maximum atomic E-state index is 8.13. The van der Waals surface area contributed by atoms with E-state index in [-0.39, 0.29) is 5.41 Å². The van der Waals surface area contributed by atoms with Crippen LogP contribution >= 0.6 is 0 Å². The van der Waals surface area contributed by atoms with Gasteiger partial charge in [0.1, 0.15) is 11.2 Å². The minimum atomic E-state index is -0.0873. The van der Waals surface area contributed by atoms with Gasteiger partial charge in [-0.2, -0.15) is 0 Å². The van der Waals surface area contributed by atoms with Gasteiger partial charge in [0.15, 0.2) is 5.69 Å². The molecule has 0 aliphatic heterocycles. The molecule has 0 unspecified atom stereocenters. The van der Waals surface area contributed by atoms with Gasteiger partial charge in [-0.25, -0.2) is 4.85 Å². The summed E-state index contributed by atoms with van der Waals surface area (Å²) in [5.74, 6) is 0. The molecule has 1 aliphatic rings. The highest BCUT2D eigenvalue weighted by Crippen LogP contribution is 2.52. The largest absolute Gasteiger partial charge is 0.455 e. The minimum Gasteiger partial charge on any atom is -0.455 e. The lowest BCUT2D eigenvalue weighted by atomic mass is 9.82. The molecule has 6 aromatic carbocycles. The second-order valence-corrected chi connectivity index (χ2v) is 12.0. The van der Waals surface area contributed by atoms with Gasteiger partial charge in [0.05, 0.1) is 17.6 Å². The Labute approximate surface area is 249 Å². The van der Waals surface area contributed by atoms with Crippen LogP contribution in [0.2, 0.25) is 0 Å². The summed E-state index contributed by atoms with van der Waals surface area (Å²) in [6.07, 6.45) is 0. The molecule has 0 amide bonds. The molecule has 0 bridgehead atoms. The number of para-hydroxylation sites is 2. The van der Waals surface area contributed by atoms with Crippen molar-refractivity contribution in [1.82, 2.24) is 4.57 Å². The molecule has 0 radical (unpaired) electrons. The van der Waals surface area contributed by atoms with E-state index in [0.717, 1.165) is 49.8 Å². The Morgan fingerprint density at radius 2 is 1.35 bits per heavy atom. The van der Waals surface area contributed by atoms with Crippen LogP contribution in [0.5, 0.6) is 0 Å². The van der Waals surface area contributed by atoms with E-state index >= 15 is 0 Å². The van der Waals surface area contributed by atoms with Crippen molar-refractivity contribution in [3.8, 4) is 27.9 Å². The molecule has 2 heterocycles. The molecule has 43 heavy (non-hydrogen) atoms. The van der Waals surface area contributed by atoms with E-state index in [9.17, 15) is 0 Å². The van der Waals surface area contributed by atoms with Crippen molar-refractivity contribution in [2.45, 2.75) is 19.3 Å². The first-order chi connectivity index (χ1) is 21.1. The molecule has 8 aromatic rings. The highest BCUT2D eigenvalue weighted by atomic mass is 16.3. The van der Waals surface area contributed by atoms with Crippen molar-refractivity contribution in [2.75, 3.05) is 0 Å². The van der Waals surface area contributed by atoms with Gasteiger partial charge in [0, 0.05) is 43.8 Å². The number of fused-ring (bicyclic) bond motifs is 10. The molecule has 202 valence electrons. The van der Waals surface area contributed by atoms with Crippen LogP contribution in [-0.2, 0) is 5.41 Å². The summed E-state index contributed by atoms with van der Waals surface area (Å²) >= 11 is 0. The van der Waals surface area contributed by atoms with Gasteiger partial charge in [-0.05, 0) is 52.6 Å². The lowest BCUT2D eigenvalue weighted by Gasteiger charge is -2.21. The zero-order valence-electron chi connectivity index (χ0n) is 23.8. The maximum absolute atomic E-state index is 8.13. The van der Waals surface area contributed by atoms with Crippen LogP contribution in [0.1, 0.15) is 25.0 Å². The molecule has 2 aromatic heterocycles.